The summed E-state index contributed by atoms with van der Waals surface area (Å²) in [7, 11) is 1.58. The molecule has 0 heterocycles. The quantitative estimate of drug-likeness (QED) is 0.745. The average molecular weight is 291 g/mol. The summed E-state index contributed by atoms with van der Waals surface area (Å²) < 4.78 is 46.3. The molecule has 1 atom stereocenters. The van der Waals surface area contributed by atoms with Crippen molar-refractivity contribution in [2.45, 2.75) is 25.6 Å². The molecular weight excluding hydrogens is 271 g/mol. The van der Waals surface area contributed by atoms with Crippen molar-refractivity contribution in [3.05, 3.63) is 29.8 Å². The highest BCUT2D eigenvalue weighted by Crippen LogP contribution is 2.21. The Bertz CT molecular complexity index is 379. The van der Waals surface area contributed by atoms with E-state index in [1.54, 1.807) is 7.11 Å². The topological polar surface area (TPSA) is 30.5 Å². The summed E-state index contributed by atoms with van der Waals surface area (Å²) in [6.07, 6.45) is -5.09. The van der Waals surface area contributed by atoms with E-state index >= 15 is 0 Å². The van der Waals surface area contributed by atoms with Gasteiger partial charge < -0.3 is 14.8 Å². The highest BCUT2D eigenvalue weighted by atomic mass is 19.4. The van der Waals surface area contributed by atoms with Crippen molar-refractivity contribution in [3.8, 4) is 5.75 Å². The first-order valence-corrected chi connectivity index (χ1v) is 6.48. The highest BCUT2D eigenvalue weighted by Gasteiger charge is 2.26. The molecule has 3 nitrogen and oxygen atoms in total. The molecule has 6 heteroatoms. The lowest BCUT2D eigenvalue weighted by Crippen LogP contribution is -2.26. The van der Waals surface area contributed by atoms with Crippen molar-refractivity contribution < 1.29 is 22.6 Å². The second kappa shape index (κ2) is 8.11. The van der Waals surface area contributed by atoms with Gasteiger partial charge in [0.1, 0.15) is 5.75 Å². The summed E-state index contributed by atoms with van der Waals surface area (Å²) in [5, 5.41) is 3.19. The number of hydrogen-bond acceptors (Lipinski definition) is 3. The fraction of sp³-hybridized carbons (Fsp3) is 0.571. The van der Waals surface area contributed by atoms with Gasteiger partial charge in [-0.15, -0.1) is 0 Å². The molecule has 1 aromatic carbocycles. The van der Waals surface area contributed by atoms with Crippen molar-refractivity contribution in [1.82, 2.24) is 5.32 Å². The third-order valence-corrected chi connectivity index (χ3v) is 2.78. The van der Waals surface area contributed by atoms with Gasteiger partial charge >= 0.3 is 6.18 Å². The maximum Gasteiger partial charge on any atom is 0.391 e. The van der Waals surface area contributed by atoms with Crippen LogP contribution in [0.1, 0.15) is 24.9 Å². The summed E-state index contributed by atoms with van der Waals surface area (Å²) in [5.74, 6) is 0.738. The Morgan fingerprint density at radius 2 is 1.85 bits per heavy atom. The standard InChI is InChI=1S/C14H20F3NO2/c1-3-18-13(10-20-9-8-14(15,16)17)11-4-6-12(19-2)7-5-11/h4-7,13,18H,3,8-10H2,1-2H3. The molecule has 0 bridgehead atoms. The molecule has 0 spiro atoms. The van der Waals surface area contributed by atoms with Gasteiger partial charge in [0.2, 0.25) is 0 Å². The number of benzene rings is 1. The van der Waals surface area contributed by atoms with E-state index in [4.69, 9.17) is 9.47 Å². The van der Waals surface area contributed by atoms with Crippen molar-refractivity contribution in [1.29, 1.82) is 0 Å². The van der Waals surface area contributed by atoms with Crippen LogP contribution in [0.3, 0.4) is 0 Å². The predicted molar refractivity (Wildman–Crippen MR) is 70.9 cm³/mol. The second-order valence-corrected chi connectivity index (χ2v) is 4.32. The molecular formula is C14H20F3NO2. The number of alkyl halides is 3. The van der Waals surface area contributed by atoms with Crippen molar-refractivity contribution >= 4 is 0 Å². The minimum atomic E-state index is -4.17. The summed E-state index contributed by atoms with van der Waals surface area (Å²) in [6, 6.07) is 7.25. The van der Waals surface area contributed by atoms with E-state index < -0.39 is 12.6 Å². The predicted octanol–water partition coefficient (Wildman–Crippen LogP) is 3.31. The molecule has 1 rings (SSSR count). The van der Waals surface area contributed by atoms with Crippen LogP contribution in [0.5, 0.6) is 5.75 Å². The molecule has 0 aliphatic rings. The molecule has 0 amide bonds. The van der Waals surface area contributed by atoms with Crippen LogP contribution in [0.25, 0.3) is 0 Å². The largest absolute Gasteiger partial charge is 0.497 e. The molecule has 114 valence electrons. The van der Waals surface area contributed by atoms with E-state index in [1.807, 2.05) is 31.2 Å². The molecule has 0 radical (unpaired) electrons. The molecule has 0 saturated carbocycles. The zero-order valence-corrected chi connectivity index (χ0v) is 11.7. The van der Waals surface area contributed by atoms with Crippen LogP contribution in [-0.2, 0) is 4.74 Å². The molecule has 0 fully saturated rings. The van der Waals surface area contributed by atoms with E-state index in [0.717, 1.165) is 11.3 Å². The Morgan fingerprint density at radius 1 is 1.20 bits per heavy atom. The number of nitrogens with one attached hydrogen (secondary N) is 1. The summed E-state index contributed by atoms with van der Waals surface area (Å²) >= 11 is 0. The minimum Gasteiger partial charge on any atom is -0.497 e. The van der Waals surface area contributed by atoms with Gasteiger partial charge in [-0.05, 0) is 24.2 Å². The lowest BCUT2D eigenvalue weighted by atomic mass is 10.1. The number of rotatable bonds is 8. The Hall–Kier alpha value is -1.27. The van der Waals surface area contributed by atoms with Crippen molar-refractivity contribution in [2.75, 3.05) is 26.9 Å². The zero-order chi connectivity index (χ0) is 15.0. The maximum absolute atomic E-state index is 12.0. The van der Waals surface area contributed by atoms with E-state index in [-0.39, 0.29) is 19.3 Å². The molecule has 1 aromatic rings. The summed E-state index contributed by atoms with van der Waals surface area (Å²) in [4.78, 5) is 0. The third-order valence-electron chi connectivity index (χ3n) is 2.78. The van der Waals surface area contributed by atoms with Gasteiger partial charge in [-0.3, -0.25) is 0 Å². The normalized spacial score (nSPS) is 13.2. The molecule has 0 aromatic heterocycles. The Kier molecular flexibility index (Phi) is 6.81. The first-order valence-electron chi connectivity index (χ1n) is 6.48. The number of hydrogen-bond donors (Lipinski definition) is 1. The van der Waals surface area contributed by atoms with Gasteiger partial charge in [0.25, 0.3) is 0 Å². The van der Waals surface area contributed by atoms with Crippen LogP contribution in [0.15, 0.2) is 24.3 Å². The van der Waals surface area contributed by atoms with Gasteiger partial charge in [0.15, 0.2) is 0 Å². The van der Waals surface area contributed by atoms with Gasteiger partial charge in [-0.2, -0.15) is 13.2 Å². The van der Waals surface area contributed by atoms with Gasteiger partial charge in [-0.25, -0.2) is 0 Å². The van der Waals surface area contributed by atoms with Gasteiger partial charge in [0.05, 0.1) is 32.8 Å². The van der Waals surface area contributed by atoms with Crippen LogP contribution in [-0.4, -0.2) is 33.0 Å². The Morgan fingerprint density at radius 3 is 2.35 bits per heavy atom. The first kappa shape index (κ1) is 16.8. The molecule has 1 N–H and O–H groups in total. The van der Waals surface area contributed by atoms with Crippen LogP contribution in [0.2, 0.25) is 0 Å². The highest BCUT2D eigenvalue weighted by molar-refractivity contribution is 5.29. The number of likely N-dealkylation sites (N-methyl/N-ethyl adjacent to an activating group) is 1. The lowest BCUT2D eigenvalue weighted by molar-refractivity contribution is -0.145. The Labute approximate surface area is 117 Å². The van der Waals surface area contributed by atoms with Gasteiger partial charge in [-0.1, -0.05) is 19.1 Å². The van der Waals surface area contributed by atoms with Crippen LogP contribution in [0.4, 0.5) is 13.2 Å². The van der Waals surface area contributed by atoms with Crippen LogP contribution < -0.4 is 10.1 Å². The van der Waals surface area contributed by atoms with Crippen LogP contribution >= 0.6 is 0 Å². The summed E-state index contributed by atoms with van der Waals surface area (Å²) in [5.41, 5.74) is 0.958. The SMILES string of the molecule is CCNC(COCCC(F)(F)F)c1ccc(OC)cc1. The molecule has 0 aliphatic carbocycles. The lowest BCUT2D eigenvalue weighted by Gasteiger charge is -2.19. The first-order chi connectivity index (χ1) is 9.46. The number of ether oxygens (including phenoxy) is 2. The molecule has 1 unspecified atom stereocenters. The fourth-order valence-electron chi connectivity index (χ4n) is 1.74. The molecule has 0 saturated heterocycles. The second-order valence-electron chi connectivity index (χ2n) is 4.32. The third kappa shape index (κ3) is 6.25. The average Bonchev–Trinajstić information content (AvgIpc) is 2.41. The van der Waals surface area contributed by atoms with Crippen LogP contribution in [0, 0.1) is 0 Å². The van der Waals surface area contributed by atoms with Crippen molar-refractivity contribution in [2.24, 2.45) is 0 Å². The molecule has 0 aliphatic heterocycles. The van der Waals surface area contributed by atoms with E-state index in [0.29, 0.717) is 6.54 Å². The number of halogens is 3. The van der Waals surface area contributed by atoms with Crippen molar-refractivity contribution in [3.63, 3.8) is 0 Å². The van der Waals surface area contributed by atoms with Gasteiger partial charge in [0, 0.05) is 0 Å². The number of methoxy groups -OCH3 is 1. The minimum absolute atomic E-state index is 0.126. The molecule has 20 heavy (non-hydrogen) atoms. The fourth-order valence-corrected chi connectivity index (χ4v) is 1.74. The Balaban J connectivity index is 2.50. The zero-order valence-electron chi connectivity index (χ0n) is 11.7. The smallest absolute Gasteiger partial charge is 0.391 e. The monoisotopic (exact) mass is 291 g/mol. The summed E-state index contributed by atoms with van der Waals surface area (Å²) in [6.45, 7) is 2.53. The van der Waals surface area contributed by atoms with E-state index in [1.165, 1.54) is 0 Å². The van der Waals surface area contributed by atoms with E-state index in [9.17, 15) is 13.2 Å². The maximum atomic E-state index is 12.0. The van der Waals surface area contributed by atoms with E-state index in [2.05, 4.69) is 5.32 Å².